The first-order valence-electron chi connectivity index (χ1n) is 5.25. The summed E-state index contributed by atoms with van der Waals surface area (Å²) in [4.78, 5) is 4.66. The number of imidazole rings is 1. The van der Waals surface area contributed by atoms with Crippen molar-refractivity contribution in [1.82, 2.24) is 9.38 Å². The maximum Gasteiger partial charge on any atom is 0.179 e. The molecule has 0 N–H and O–H groups in total. The highest BCUT2D eigenvalue weighted by Crippen LogP contribution is 2.47. The molecule has 2 aromatic heterocycles. The first-order valence-corrected chi connectivity index (χ1v) is 5.25. The van der Waals surface area contributed by atoms with E-state index in [1.165, 1.54) is 18.5 Å². The Morgan fingerprint density at radius 2 is 2.27 bits per heavy atom. The van der Waals surface area contributed by atoms with Crippen molar-refractivity contribution in [2.75, 3.05) is 7.11 Å². The van der Waals surface area contributed by atoms with Crippen molar-refractivity contribution >= 4 is 5.65 Å². The minimum atomic E-state index is 0.316. The van der Waals surface area contributed by atoms with E-state index in [9.17, 15) is 0 Å². The number of methoxy groups -OCH3 is 1. The molecule has 0 saturated heterocycles. The summed E-state index contributed by atoms with van der Waals surface area (Å²) in [6.45, 7) is 2.27. The fourth-order valence-electron chi connectivity index (χ4n) is 1.88. The fraction of sp³-hybridized carbons (Fsp3) is 0.417. The Bertz CT molecular complexity index is 511. The van der Waals surface area contributed by atoms with Gasteiger partial charge in [0, 0.05) is 17.8 Å². The summed E-state index contributed by atoms with van der Waals surface area (Å²) in [6, 6.07) is 3.92. The molecular formula is C12H14N2O. The normalized spacial score (nSPS) is 18.0. The van der Waals surface area contributed by atoms with Gasteiger partial charge in [-0.15, -0.1) is 0 Å². The predicted molar refractivity (Wildman–Crippen MR) is 58.3 cm³/mol. The number of nitrogens with zero attached hydrogens (tertiary/aromatic N) is 2. The quantitative estimate of drug-likeness (QED) is 0.747. The van der Waals surface area contributed by atoms with E-state index in [0.717, 1.165) is 11.4 Å². The zero-order valence-electron chi connectivity index (χ0n) is 9.03. The van der Waals surface area contributed by atoms with Gasteiger partial charge in [0.25, 0.3) is 0 Å². The van der Waals surface area contributed by atoms with E-state index in [0.29, 0.717) is 5.41 Å². The Labute approximate surface area is 88.7 Å². The number of ether oxygens (including phenoxy) is 1. The highest BCUT2D eigenvalue weighted by molar-refractivity contribution is 5.55. The molecule has 3 heteroatoms. The van der Waals surface area contributed by atoms with Gasteiger partial charge in [-0.3, -0.25) is 0 Å². The van der Waals surface area contributed by atoms with Gasteiger partial charge in [0.05, 0.1) is 12.8 Å². The van der Waals surface area contributed by atoms with Crippen LogP contribution in [-0.4, -0.2) is 16.5 Å². The van der Waals surface area contributed by atoms with E-state index in [2.05, 4.69) is 18.1 Å². The molecule has 2 aromatic rings. The summed E-state index contributed by atoms with van der Waals surface area (Å²) in [5, 5.41) is 0. The van der Waals surface area contributed by atoms with Crippen molar-refractivity contribution in [3.63, 3.8) is 0 Å². The molecule has 0 unspecified atom stereocenters. The zero-order chi connectivity index (χ0) is 10.5. The highest BCUT2D eigenvalue weighted by atomic mass is 16.5. The topological polar surface area (TPSA) is 26.5 Å². The lowest BCUT2D eigenvalue weighted by Gasteiger charge is -2.00. The number of rotatable bonds is 2. The van der Waals surface area contributed by atoms with Crippen LogP contribution >= 0.6 is 0 Å². The second-order valence-electron chi connectivity index (χ2n) is 4.49. The molecule has 0 bridgehead atoms. The van der Waals surface area contributed by atoms with Gasteiger partial charge < -0.3 is 9.14 Å². The molecule has 3 rings (SSSR count). The molecule has 0 radical (unpaired) electrons. The van der Waals surface area contributed by atoms with Crippen LogP contribution in [0, 0.1) is 0 Å². The van der Waals surface area contributed by atoms with Gasteiger partial charge in [-0.05, 0) is 25.0 Å². The second-order valence-corrected chi connectivity index (χ2v) is 4.49. The first-order chi connectivity index (χ1) is 7.23. The molecule has 0 aromatic carbocycles. The smallest absolute Gasteiger partial charge is 0.179 e. The standard InChI is InChI=1S/C12H14N2O/c1-12(5-6-12)10-8-14-7-3-4-9(15-2)11(14)13-10/h3-4,7-8H,5-6H2,1-2H3. The van der Waals surface area contributed by atoms with Gasteiger partial charge in [-0.25, -0.2) is 4.98 Å². The molecular weight excluding hydrogens is 188 g/mol. The van der Waals surface area contributed by atoms with Crippen molar-refractivity contribution in [2.24, 2.45) is 0 Å². The number of aromatic nitrogens is 2. The number of hydrogen-bond acceptors (Lipinski definition) is 2. The van der Waals surface area contributed by atoms with Crippen LogP contribution in [0.15, 0.2) is 24.5 Å². The van der Waals surface area contributed by atoms with Crippen molar-refractivity contribution in [1.29, 1.82) is 0 Å². The first kappa shape index (κ1) is 8.77. The van der Waals surface area contributed by atoms with Crippen LogP contribution in [0.25, 0.3) is 5.65 Å². The van der Waals surface area contributed by atoms with Gasteiger partial charge in [0.15, 0.2) is 11.4 Å². The minimum Gasteiger partial charge on any atom is -0.493 e. The molecule has 0 atom stereocenters. The van der Waals surface area contributed by atoms with E-state index in [-0.39, 0.29) is 0 Å². The van der Waals surface area contributed by atoms with Crippen molar-refractivity contribution in [3.05, 3.63) is 30.2 Å². The Hall–Kier alpha value is -1.51. The number of pyridine rings is 1. The molecule has 15 heavy (non-hydrogen) atoms. The molecule has 3 nitrogen and oxygen atoms in total. The van der Waals surface area contributed by atoms with Crippen LogP contribution in [0.5, 0.6) is 5.75 Å². The van der Waals surface area contributed by atoms with Crippen LogP contribution in [0.2, 0.25) is 0 Å². The molecule has 1 aliphatic rings. The summed E-state index contributed by atoms with van der Waals surface area (Å²) in [7, 11) is 1.68. The third kappa shape index (κ3) is 1.23. The summed E-state index contributed by atoms with van der Waals surface area (Å²) >= 11 is 0. The van der Waals surface area contributed by atoms with Gasteiger partial charge in [-0.2, -0.15) is 0 Å². The van der Waals surface area contributed by atoms with Crippen LogP contribution in [-0.2, 0) is 5.41 Å². The van der Waals surface area contributed by atoms with E-state index in [4.69, 9.17) is 4.74 Å². The molecule has 1 fully saturated rings. The second kappa shape index (κ2) is 2.75. The lowest BCUT2D eigenvalue weighted by molar-refractivity contribution is 0.417. The molecule has 2 heterocycles. The maximum absolute atomic E-state index is 5.29. The van der Waals surface area contributed by atoms with E-state index in [1.54, 1.807) is 7.11 Å². The summed E-state index contributed by atoms with van der Waals surface area (Å²) in [6.07, 6.45) is 6.63. The molecule has 1 aliphatic carbocycles. The van der Waals surface area contributed by atoms with E-state index in [1.807, 2.05) is 22.7 Å². The summed E-state index contributed by atoms with van der Waals surface area (Å²) < 4.78 is 7.33. The van der Waals surface area contributed by atoms with Crippen LogP contribution in [0.1, 0.15) is 25.5 Å². The van der Waals surface area contributed by atoms with Gasteiger partial charge in [-0.1, -0.05) is 6.92 Å². The van der Waals surface area contributed by atoms with E-state index >= 15 is 0 Å². The zero-order valence-corrected chi connectivity index (χ0v) is 9.03. The van der Waals surface area contributed by atoms with Crippen LogP contribution < -0.4 is 4.74 Å². The van der Waals surface area contributed by atoms with Gasteiger partial charge >= 0.3 is 0 Å². The third-order valence-corrected chi connectivity index (χ3v) is 3.29. The summed E-state index contributed by atoms with van der Waals surface area (Å²) in [5.74, 6) is 0.841. The van der Waals surface area contributed by atoms with Gasteiger partial charge in [0.2, 0.25) is 0 Å². The number of fused-ring (bicyclic) bond motifs is 1. The average molecular weight is 202 g/mol. The molecule has 0 spiro atoms. The predicted octanol–water partition coefficient (Wildman–Crippen LogP) is 2.39. The largest absolute Gasteiger partial charge is 0.493 e. The van der Waals surface area contributed by atoms with Gasteiger partial charge in [0.1, 0.15) is 0 Å². The van der Waals surface area contributed by atoms with Crippen LogP contribution in [0.3, 0.4) is 0 Å². The molecule has 0 aliphatic heterocycles. The molecule has 78 valence electrons. The van der Waals surface area contributed by atoms with Crippen LogP contribution in [0.4, 0.5) is 0 Å². The Morgan fingerprint density at radius 3 is 2.93 bits per heavy atom. The average Bonchev–Trinajstić information content (AvgIpc) is 2.84. The molecule has 1 saturated carbocycles. The monoisotopic (exact) mass is 202 g/mol. The Kier molecular flexibility index (Phi) is 1.61. The lowest BCUT2D eigenvalue weighted by Crippen LogP contribution is -1.98. The lowest BCUT2D eigenvalue weighted by atomic mass is 10.1. The maximum atomic E-state index is 5.29. The van der Waals surface area contributed by atoms with Crippen molar-refractivity contribution < 1.29 is 4.74 Å². The van der Waals surface area contributed by atoms with Crippen molar-refractivity contribution in [3.8, 4) is 5.75 Å². The Morgan fingerprint density at radius 1 is 1.47 bits per heavy atom. The van der Waals surface area contributed by atoms with E-state index < -0.39 is 0 Å². The summed E-state index contributed by atoms with van der Waals surface area (Å²) in [5.41, 5.74) is 2.42. The SMILES string of the molecule is COc1cccn2cc(C3(C)CC3)nc12. The highest BCUT2D eigenvalue weighted by Gasteiger charge is 2.41. The molecule has 0 amide bonds. The fourth-order valence-corrected chi connectivity index (χ4v) is 1.88. The third-order valence-electron chi connectivity index (χ3n) is 3.29. The number of hydrogen-bond donors (Lipinski definition) is 0. The Balaban J connectivity index is 2.21. The minimum absolute atomic E-state index is 0.316. The van der Waals surface area contributed by atoms with Crippen molar-refractivity contribution in [2.45, 2.75) is 25.2 Å².